The molecule has 0 aliphatic carbocycles. The summed E-state index contributed by atoms with van der Waals surface area (Å²) in [6, 6.07) is 17.1. The zero-order chi connectivity index (χ0) is 23.4. The molecule has 4 rings (SSSR count). The van der Waals surface area contributed by atoms with Crippen LogP contribution in [0.15, 0.2) is 71.9 Å². The van der Waals surface area contributed by atoms with Crippen LogP contribution in [0.2, 0.25) is 0 Å². The summed E-state index contributed by atoms with van der Waals surface area (Å²) in [6.07, 6.45) is 4.20. The Morgan fingerprint density at radius 2 is 1.76 bits per heavy atom. The summed E-state index contributed by atoms with van der Waals surface area (Å²) in [5.74, 6) is 0.855. The fraction of sp³-hybridized carbons (Fsp3) is 0.208. The van der Waals surface area contributed by atoms with Gasteiger partial charge in [0.15, 0.2) is 0 Å². The SMILES string of the molecule is CCCc1c(Oc2ccccc2)nc(NS(=O)(=O)c2cnn(C)c2)nc1-c1ccccc1C. The van der Waals surface area contributed by atoms with Crippen LogP contribution in [0.4, 0.5) is 5.95 Å². The Labute approximate surface area is 193 Å². The average molecular weight is 464 g/mol. The molecule has 2 heterocycles. The zero-order valence-corrected chi connectivity index (χ0v) is 19.5. The van der Waals surface area contributed by atoms with Crippen LogP contribution >= 0.6 is 0 Å². The molecule has 0 spiro atoms. The molecule has 0 atom stereocenters. The Morgan fingerprint density at radius 3 is 2.42 bits per heavy atom. The Balaban J connectivity index is 1.87. The van der Waals surface area contributed by atoms with E-state index in [0.717, 1.165) is 23.1 Å². The summed E-state index contributed by atoms with van der Waals surface area (Å²) in [4.78, 5) is 9.13. The first-order valence-electron chi connectivity index (χ1n) is 10.6. The monoisotopic (exact) mass is 463 g/mol. The minimum absolute atomic E-state index is 0.0224. The van der Waals surface area contributed by atoms with Crippen molar-refractivity contribution < 1.29 is 13.2 Å². The van der Waals surface area contributed by atoms with E-state index >= 15 is 0 Å². The lowest BCUT2D eigenvalue weighted by Crippen LogP contribution is -2.16. The van der Waals surface area contributed by atoms with Crippen molar-refractivity contribution in [1.29, 1.82) is 0 Å². The number of anilines is 1. The first-order chi connectivity index (χ1) is 15.9. The highest BCUT2D eigenvalue weighted by Gasteiger charge is 2.23. The third-order valence-electron chi connectivity index (χ3n) is 5.04. The van der Waals surface area contributed by atoms with Crippen molar-refractivity contribution in [3.8, 4) is 22.9 Å². The molecule has 4 aromatic rings. The van der Waals surface area contributed by atoms with Crippen molar-refractivity contribution in [3.05, 3.63) is 78.1 Å². The van der Waals surface area contributed by atoms with Gasteiger partial charge in [-0.05, 0) is 31.0 Å². The second-order valence-electron chi connectivity index (χ2n) is 7.61. The van der Waals surface area contributed by atoms with Crippen LogP contribution in [0.1, 0.15) is 24.5 Å². The summed E-state index contributed by atoms with van der Waals surface area (Å²) >= 11 is 0. The molecule has 0 aliphatic rings. The highest BCUT2D eigenvalue weighted by Crippen LogP contribution is 2.34. The second-order valence-corrected chi connectivity index (χ2v) is 9.30. The highest BCUT2D eigenvalue weighted by atomic mass is 32.2. The van der Waals surface area contributed by atoms with E-state index in [2.05, 4.69) is 26.7 Å². The molecule has 33 heavy (non-hydrogen) atoms. The Kier molecular flexibility index (Phi) is 6.41. The molecule has 0 saturated heterocycles. The molecule has 0 saturated carbocycles. The molecular weight excluding hydrogens is 438 g/mol. The van der Waals surface area contributed by atoms with Crippen molar-refractivity contribution in [2.75, 3.05) is 4.72 Å². The van der Waals surface area contributed by atoms with Crippen LogP contribution in [0.3, 0.4) is 0 Å². The van der Waals surface area contributed by atoms with Crippen LogP contribution in [0.5, 0.6) is 11.6 Å². The van der Waals surface area contributed by atoms with Crippen molar-refractivity contribution in [2.24, 2.45) is 7.05 Å². The van der Waals surface area contributed by atoms with Gasteiger partial charge in [-0.1, -0.05) is 55.8 Å². The first-order valence-corrected chi connectivity index (χ1v) is 12.1. The maximum Gasteiger partial charge on any atom is 0.267 e. The van der Waals surface area contributed by atoms with Crippen LogP contribution < -0.4 is 9.46 Å². The topological polar surface area (TPSA) is 99.0 Å². The van der Waals surface area contributed by atoms with Gasteiger partial charge in [0.25, 0.3) is 10.0 Å². The molecule has 2 aromatic carbocycles. The lowest BCUT2D eigenvalue weighted by atomic mass is 9.99. The van der Waals surface area contributed by atoms with Gasteiger partial charge in [0, 0.05) is 24.4 Å². The number of ether oxygens (including phenoxy) is 1. The fourth-order valence-corrected chi connectivity index (χ4v) is 4.37. The summed E-state index contributed by atoms with van der Waals surface area (Å²) in [7, 11) is -2.28. The lowest BCUT2D eigenvalue weighted by Gasteiger charge is -2.17. The quantitative estimate of drug-likeness (QED) is 0.406. The van der Waals surface area contributed by atoms with E-state index in [-0.39, 0.29) is 10.8 Å². The van der Waals surface area contributed by atoms with E-state index in [1.807, 2.05) is 61.5 Å². The number of para-hydroxylation sites is 1. The van der Waals surface area contributed by atoms with Crippen molar-refractivity contribution in [1.82, 2.24) is 19.7 Å². The normalized spacial score (nSPS) is 11.4. The standard InChI is InChI=1S/C24H25N5O3S/c1-4-10-21-22(20-14-9-8-11-17(20)2)26-24(27-23(21)32-18-12-6-5-7-13-18)28-33(30,31)19-15-25-29(3)16-19/h5-9,11-16H,4,10H2,1-3H3,(H,26,27,28). The number of benzene rings is 2. The number of hydrogen-bond donors (Lipinski definition) is 1. The third-order valence-corrected chi connectivity index (χ3v) is 6.33. The van der Waals surface area contributed by atoms with E-state index in [4.69, 9.17) is 4.74 Å². The van der Waals surface area contributed by atoms with Crippen molar-refractivity contribution in [2.45, 2.75) is 31.6 Å². The van der Waals surface area contributed by atoms with Gasteiger partial charge in [0.1, 0.15) is 10.6 Å². The second kappa shape index (κ2) is 9.41. The molecule has 0 fully saturated rings. The first kappa shape index (κ1) is 22.5. The molecule has 0 aliphatic heterocycles. The molecule has 0 radical (unpaired) electrons. The third kappa shape index (κ3) is 5.04. The van der Waals surface area contributed by atoms with Crippen LogP contribution in [0.25, 0.3) is 11.3 Å². The summed E-state index contributed by atoms with van der Waals surface area (Å²) in [5.41, 5.74) is 3.36. The van der Waals surface area contributed by atoms with E-state index in [0.29, 0.717) is 23.7 Å². The number of aryl methyl sites for hydroxylation is 2. The van der Waals surface area contributed by atoms with E-state index in [1.54, 1.807) is 7.05 Å². The molecule has 0 unspecified atom stereocenters. The molecule has 2 aromatic heterocycles. The average Bonchev–Trinajstić information content (AvgIpc) is 3.24. The minimum Gasteiger partial charge on any atom is -0.439 e. The fourth-order valence-electron chi connectivity index (χ4n) is 3.45. The van der Waals surface area contributed by atoms with Gasteiger partial charge in [0.05, 0.1) is 11.9 Å². The highest BCUT2D eigenvalue weighted by molar-refractivity contribution is 7.92. The van der Waals surface area contributed by atoms with Gasteiger partial charge in [-0.15, -0.1) is 0 Å². The zero-order valence-electron chi connectivity index (χ0n) is 18.7. The Hall–Kier alpha value is -3.72. The maximum absolute atomic E-state index is 12.9. The number of sulfonamides is 1. The van der Waals surface area contributed by atoms with Gasteiger partial charge < -0.3 is 4.74 Å². The van der Waals surface area contributed by atoms with Gasteiger partial charge in [0.2, 0.25) is 11.8 Å². The van der Waals surface area contributed by atoms with Gasteiger partial charge in [-0.25, -0.2) is 18.1 Å². The maximum atomic E-state index is 12.9. The minimum atomic E-state index is -3.93. The lowest BCUT2D eigenvalue weighted by molar-refractivity contribution is 0.455. The number of nitrogens with one attached hydrogen (secondary N) is 1. The van der Waals surface area contributed by atoms with Gasteiger partial charge in [-0.3, -0.25) is 4.68 Å². The molecule has 170 valence electrons. The summed E-state index contributed by atoms with van der Waals surface area (Å²) in [5, 5.41) is 3.95. The molecule has 0 bridgehead atoms. The molecule has 9 heteroatoms. The molecular formula is C24H25N5O3S. The predicted octanol–water partition coefficient (Wildman–Crippen LogP) is 4.73. The molecule has 8 nitrogen and oxygen atoms in total. The number of aromatic nitrogens is 4. The van der Waals surface area contributed by atoms with Crippen molar-refractivity contribution in [3.63, 3.8) is 0 Å². The number of nitrogens with zero attached hydrogens (tertiary/aromatic N) is 4. The summed E-state index contributed by atoms with van der Waals surface area (Å²) < 4.78 is 35.9. The molecule has 1 N–H and O–H groups in total. The van der Waals surface area contributed by atoms with E-state index < -0.39 is 10.0 Å². The van der Waals surface area contributed by atoms with Crippen LogP contribution in [-0.2, 0) is 23.5 Å². The number of rotatable bonds is 8. The van der Waals surface area contributed by atoms with E-state index in [9.17, 15) is 8.42 Å². The molecule has 0 amide bonds. The summed E-state index contributed by atoms with van der Waals surface area (Å²) in [6.45, 7) is 4.05. The van der Waals surface area contributed by atoms with Gasteiger partial charge >= 0.3 is 0 Å². The Morgan fingerprint density at radius 1 is 1.03 bits per heavy atom. The van der Waals surface area contributed by atoms with E-state index in [1.165, 1.54) is 17.1 Å². The number of hydrogen-bond acceptors (Lipinski definition) is 6. The van der Waals surface area contributed by atoms with Gasteiger partial charge in [-0.2, -0.15) is 10.1 Å². The van der Waals surface area contributed by atoms with Crippen LogP contribution in [-0.4, -0.2) is 28.2 Å². The largest absolute Gasteiger partial charge is 0.439 e. The predicted molar refractivity (Wildman–Crippen MR) is 127 cm³/mol. The van der Waals surface area contributed by atoms with Crippen LogP contribution in [0, 0.1) is 6.92 Å². The van der Waals surface area contributed by atoms with Crippen molar-refractivity contribution >= 4 is 16.0 Å². The Bertz CT molecular complexity index is 1370. The smallest absolute Gasteiger partial charge is 0.267 e.